The number of carbonyl (C=O) groups is 1. The summed E-state index contributed by atoms with van der Waals surface area (Å²) in [7, 11) is 1.63. The Labute approximate surface area is 113 Å². The van der Waals surface area contributed by atoms with E-state index in [4.69, 9.17) is 14.6 Å². The minimum atomic E-state index is -0.791. The van der Waals surface area contributed by atoms with Crippen molar-refractivity contribution < 1.29 is 19.4 Å². The molecule has 0 aromatic heterocycles. The minimum absolute atomic E-state index is 0.118. The molecule has 0 radical (unpaired) electrons. The largest absolute Gasteiger partial charge is 0.481 e. The van der Waals surface area contributed by atoms with Crippen LogP contribution in [-0.4, -0.2) is 51.1 Å². The molecule has 0 saturated heterocycles. The Balaban J connectivity index is 2.43. The predicted molar refractivity (Wildman–Crippen MR) is 73.6 cm³/mol. The maximum absolute atomic E-state index is 10.7. The number of nitrogens with zero attached hydrogens (tertiary/aromatic N) is 1. The second kappa shape index (κ2) is 9.35. The quantitative estimate of drug-likeness (QED) is 0.653. The van der Waals surface area contributed by atoms with E-state index in [1.165, 1.54) is 0 Å². The summed E-state index contributed by atoms with van der Waals surface area (Å²) in [6.45, 7) is 2.82. The van der Waals surface area contributed by atoms with Crippen LogP contribution in [-0.2, 0) is 14.3 Å². The highest BCUT2D eigenvalue weighted by atomic mass is 16.5. The third-order valence-corrected chi connectivity index (χ3v) is 2.65. The van der Waals surface area contributed by atoms with E-state index in [0.29, 0.717) is 32.9 Å². The van der Waals surface area contributed by atoms with E-state index < -0.39 is 5.97 Å². The van der Waals surface area contributed by atoms with Crippen LogP contribution in [0.25, 0.3) is 0 Å². The van der Waals surface area contributed by atoms with Gasteiger partial charge >= 0.3 is 5.97 Å². The minimum Gasteiger partial charge on any atom is -0.481 e. The zero-order valence-corrected chi connectivity index (χ0v) is 11.2. The van der Waals surface area contributed by atoms with Crippen molar-refractivity contribution >= 4 is 11.7 Å². The Hall–Kier alpha value is -1.59. The number of carboxylic acid groups (broad SMARTS) is 1. The van der Waals surface area contributed by atoms with Crippen LogP contribution in [0.15, 0.2) is 30.3 Å². The van der Waals surface area contributed by atoms with E-state index in [-0.39, 0.29) is 6.42 Å². The van der Waals surface area contributed by atoms with E-state index in [1.54, 1.807) is 7.11 Å². The highest BCUT2D eigenvalue weighted by Crippen LogP contribution is 2.13. The van der Waals surface area contributed by atoms with Crippen molar-refractivity contribution in [3.8, 4) is 0 Å². The molecule has 1 rings (SSSR count). The Morgan fingerprint density at radius 1 is 1.16 bits per heavy atom. The summed E-state index contributed by atoms with van der Waals surface area (Å²) in [6, 6.07) is 9.76. The molecule has 5 nitrogen and oxygen atoms in total. The molecule has 5 heteroatoms. The fraction of sp³-hybridized carbons (Fsp3) is 0.500. The topological polar surface area (TPSA) is 59.0 Å². The lowest BCUT2D eigenvalue weighted by molar-refractivity contribution is -0.136. The summed E-state index contributed by atoms with van der Waals surface area (Å²) in [5, 5.41) is 8.78. The Morgan fingerprint density at radius 3 is 2.53 bits per heavy atom. The first kappa shape index (κ1) is 15.5. The summed E-state index contributed by atoms with van der Waals surface area (Å²) in [4.78, 5) is 12.7. The molecule has 1 aromatic carbocycles. The molecule has 1 N–H and O–H groups in total. The van der Waals surface area contributed by atoms with Crippen molar-refractivity contribution in [2.45, 2.75) is 6.42 Å². The lowest BCUT2D eigenvalue weighted by Crippen LogP contribution is -2.30. The molecule has 0 heterocycles. The summed E-state index contributed by atoms with van der Waals surface area (Å²) >= 11 is 0. The van der Waals surface area contributed by atoms with Crippen LogP contribution in [0, 0.1) is 0 Å². The SMILES string of the molecule is COCCOCCN(CCC(=O)O)c1ccccc1. The van der Waals surface area contributed by atoms with E-state index in [9.17, 15) is 4.79 Å². The number of aliphatic carboxylic acids is 1. The van der Waals surface area contributed by atoms with Gasteiger partial charge in [-0.3, -0.25) is 4.79 Å². The molecule has 0 atom stereocenters. The van der Waals surface area contributed by atoms with Crippen LogP contribution in [0.3, 0.4) is 0 Å². The van der Waals surface area contributed by atoms with E-state index >= 15 is 0 Å². The van der Waals surface area contributed by atoms with E-state index in [1.807, 2.05) is 35.2 Å². The van der Waals surface area contributed by atoms with Crippen molar-refractivity contribution in [1.82, 2.24) is 0 Å². The van der Waals surface area contributed by atoms with Gasteiger partial charge in [-0.25, -0.2) is 0 Å². The molecule has 0 aliphatic heterocycles. The average Bonchev–Trinajstić information content (AvgIpc) is 2.42. The van der Waals surface area contributed by atoms with Crippen molar-refractivity contribution in [3.05, 3.63) is 30.3 Å². The fourth-order valence-electron chi connectivity index (χ4n) is 1.66. The third-order valence-electron chi connectivity index (χ3n) is 2.65. The Kier molecular flexibility index (Phi) is 7.62. The van der Waals surface area contributed by atoms with E-state index in [0.717, 1.165) is 5.69 Å². The number of para-hydroxylation sites is 1. The zero-order valence-electron chi connectivity index (χ0n) is 11.2. The van der Waals surface area contributed by atoms with Gasteiger partial charge in [-0.1, -0.05) is 18.2 Å². The van der Waals surface area contributed by atoms with Gasteiger partial charge in [0, 0.05) is 25.9 Å². The number of ether oxygens (including phenoxy) is 2. The van der Waals surface area contributed by atoms with Gasteiger partial charge in [-0.15, -0.1) is 0 Å². The molecule has 0 bridgehead atoms. The van der Waals surface area contributed by atoms with Crippen LogP contribution in [0.5, 0.6) is 0 Å². The molecule has 0 amide bonds. The van der Waals surface area contributed by atoms with Gasteiger partial charge in [0.25, 0.3) is 0 Å². The smallest absolute Gasteiger partial charge is 0.305 e. The number of hydrogen-bond donors (Lipinski definition) is 1. The average molecular weight is 267 g/mol. The fourth-order valence-corrected chi connectivity index (χ4v) is 1.66. The number of carboxylic acids is 1. The van der Waals surface area contributed by atoms with Crippen LogP contribution in [0.2, 0.25) is 0 Å². The van der Waals surface area contributed by atoms with Gasteiger partial charge in [-0.05, 0) is 12.1 Å². The van der Waals surface area contributed by atoms with Gasteiger partial charge in [0.05, 0.1) is 26.2 Å². The summed E-state index contributed by atoms with van der Waals surface area (Å²) in [5.41, 5.74) is 1.01. The first-order valence-electron chi connectivity index (χ1n) is 6.32. The van der Waals surface area contributed by atoms with Crippen LogP contribution >= 0.6 is 0 Å². The van der Waals surface area contributed by atoms with Crippen molar-refractivity contribution in [3.63, 3.8) is 0 Å². The van der Waals surface area contributed by atoms with Crippen molar-refractivity contribution in [1.29, 1.82) is 0 Å². The normalized spacial score (nSPS) is 10.4. The Morgan fingerprint density at radius 2 is 1.89 bits per heavy atom. The first-order chi connectivity index (χ1) is 9.24. The summed E-state index contributed by atoms with van der Waals surface area (Å²) < 4.78 is 10.3. The second-order valence-corrected chi connectivity index (χ2v) is 4.07. The lowest BCUT2D eigenvalue weighted by Gasteiger charge is -2.24. The van der Waals surface area contributed by atoms with Crippen molar-refractivity contribution in [2.75, 3.05) is 44.9 Å². The lowest BCUT2D eigenvalue weighted by atomic mass is 10.2. The number of benzene rings is 1. The van der Waals surface area contributed by atoms with Gasteiger partial charge in [0.1, 0.15) is 0 Å². The number of methoxy groups -OCH3 is 1. The number of rotatable bonds is 10. The molecule has 0 saturated carbocycles. The molecule has 0 aliphatic carbocycles. The second-order valence-electron chi connectivity index (χ2n) is 4.07. The standard InChI is InChI=1S/C14H21NO4/c1-18-11-12-19-10-9-15(8-7-14(16)17)13-5-3-2-4-6-13/h2-6H,7-12H2,1H3,(H,16,17). The highest BCUT2D eigenvalue weighted by molar-refractivity contribution is 5.67. The molecule has 1 aromatic rings. The summed E-state index contributed by atoms with van der Waals surface area (Å²) in [6.07, 6.45) is 0.118. The molecule has 0 spiro atoms. The maximum Gasteiger partial charge on any atom is 0.305 e. The molecule has 19 heavy (non-hydrogen) atoms. The molecular formula is C14H21NO4. The van der Waals surface area contributed by atoms with Gasteiger partial charge < -0.3 is 19.5 Å². The van der Waals surface area contributed by atoms with E-state index in [2.05, 4.69) is 0 Å². The summed E-state index contributed by atoms with van der Waals surface area (Å²) in [5.74, 6) is -0.791. The monoisotopic (exact) mass is 267 g/mol. The molecular weight excluding hydrogens is 246 g/mol. The third kappa shape index (κ3) is 6.79. The van der Waals surface area contributed by atoms with Crippen LogP contribution in [0.4, 0.5) is 5.69 Å². The van der Waals surface area contributed by atoms with Gasteiger partial charge in [0.15, 0.2) is 0 Å². The predicted octanol–water partition coefficient (Wildman–Crippen LogP) is 1.63. The zero-order chi connectivity index (χ0) is 13.9. The van der Waals surface area contributed by atoms with Crippen LogP contribution in [0.1, 0.15) is 6.42 Å². The Bertz CT molecular complexity index is 356. The van der Waals surface area contributed by atoms with Crippen LogP contribution < -0.4 is 4.90 Å². The molecule has 0 aliphatic rings. The first-order valence-corrected chi connectivity index (χ1v) is 6.32. The molecule has 0 fully saturated rings. The van der Waals surface area contributed by atoms with Crippen molar-refractivity contribution in [2.24, 2.45) is 0 Å². The van der Waals surface area contributed by atoms with Gasteiger partial charge in [0.2, 0.25) is 0 Å². The molecule has 106 valence electrons. The highest BCUT2D eigenvalue weighted by Gasteiger charge is 2.08. The number of anilines is 1. The van der Waals surface area contributed by atoms with Gasteiger partial charge in [-0.2, -0.15) is 0 Å². The molecule has 0 unspecified atom stereocenters. The maximum atomic E-state index is 10.7. The number of hydrogen-bond acceptors (Lipinski definition) is 4.